The van der Waals surface area contributed by atoms with Crippen LogP contribution in [-0.4, -0.2) is 63.5 Å². The molecule has 0 aromatic heterocycles. The molecule has 0 aromatic carbocycles. The van der Waals surface area contributed by atoms with Crippen LogP contribution in [0.3, 0.4) is 0 Å². The highest BCUT2D eigenvalue weighted by Crippen LogP contribution is 2.24. The van der Waals surface area contributed by atoms with Crippen molar-refractivity contribution >= 4 is 52.3 Å². The van der Waals surface area contributed by atoms with Gasteiger partial charge in [0.1, 0.15) is 11.6 Å². The number of hydrogen-bond donors (Lipinski definition) is 1. The highest BCUT2D eigenvalue weighted by Gasteiger charge is 2.36. The van der Waals surface area contributed by atoms with E-state index in [0.717, 1.165) is 43.7 Å². The second kappa shape index (κ2) is 13.7. The van der Waals surface area contributed by atoms with Gasteiger partial charge in [-0.2, -0.15) is 0 Å². The predicted molar refractivity (Wildman–Crippen MR) is 121 cm³/mol. The zero-order valence-electron chi connectivity index (χ0n) is 17.6. The van der Waals surface area contributed by atoms with Crippen molar-refractivity contribution in [2.45, 2.75) is 78.0 Å². The van der Waals surface area contributed by atoms with Crippen molar-refractivity contribution in [2.24, 2.45) is 0 Å². The highest BCUT2D eigenvalue weighted by atomic mass is 35.5. The molecule has 2 saturated heterocycles. The van der Waals surface area contributed by atoms with E-state index in [1.807, 2.05) is 34.6 Å². The second-order valence-corrected chi connectivity index (χ2v) is 10.0. The topological polar surface area (TPSA) is 75.7 Å². The van der Waals surface area contributed by atoms with Crippen LogP contribution in [0, 0.1) is 0 Å². The van der Waals surface area contributed by atoms with Crippen LogP contribution in [0.15, 0.2) is 0 Å². The molecule has 2 fully saturated rings. The Labute approximate surface area is 184 Å². The standard InChI is InChI=1S/C12H21NO3S.C7H13NOS.ClH/c1-5-17-10(14)9-7-6-8-13(9)11(15)16-12(2,3)4;1-2-10-7(9)6-4-3-5-8-6;/h9H,5-8H2,1-4H3;6,8H,2-5H2,1H3;1H/t9-;6-;/m00./s1. The molecule has 0 aromatic rings. The summed E-state index contributed by atoms with van der Waals surface area (Å²) in [5, 5.41) is 3.57. The van der Waals surface area contributed by atoms with E-state index in [1.165, 1.54) is 23.5 Å². The lowest BCUT2D eigenvalue weighted by Crippen LogP contribution is -2.42. The van der Waals surface area contributed by atoms with E-state index in [9.17, 15) is 14.4 Å². The molecule has 0 radical (unpaired) electrons. The summed E-state index contributed by atoms with van der Waals surface area (Å²) >= 11 is 2.71. The number of likely N-dealkylation sites (tertiary alicyclic amines) is 1. The van der Waals surface area contributed by atoms with Crippen LogP contribution in [-0.2, 0) is 14.3 Å². The first kappa shape index (κ1) is 27.6. The van der Waals surface area contributed by atoms with Crippen LogP contribution in [0.25, 0.3) is 0 Å². The Kier molecular flexibility index (Phi) is 13.5. The normalized spacial score (nSPS) is 21.4. The molecule has 1 amide bonds. The Hall–Kier alpha value is -0.440. The second-order valence-electron chi connectivity index (χ2n) is 7.48. The molecule has 0 bridgehead atoms. The fraction of sp³-hybridized carbons (Fsp3) is 0.842. The van der Waals surface area contributed by atoms with Gasteiger partial charge in [0.05, 0.1) is 6.04 Å². The van der Waals surface area contributed by atoms with E-state index in [0.29, 0.717) is 11.7 Å². The summed E-state index contributed by atoms with van der Waals surface area (Å²) in [6, 6.07) is -0.139. The predicted octanol–water partition coefficient (Wildman–Crippen LogP) is 4.11. The number of halogens is 1. The van der Waals surface area contributed by atoms with Gasteiger partial charge in [0.25, 0.3) is 0 Å². The number of rotatable bonds is 4. The van der Waals surface area contributed by atoms with Crippen molar-refractivity contribution in [3.8, 4) is 0 Å². The maximum atomic E-state index is 11.9. The number of thioether (sulfide) groups is 2. The van der Waals surface area contributed by atoms with Gasteiger partial charge in [-0.15, -0.1) is 12.4 Å². The van der Waals surface area contributed by atoms with Crippen LogP contribution in [0.1, 0.15) is 60.3 Å². The van der Waals surface area contributed by atoms with Gasteiger partial charge in [0.15, 0.2) is 0 Å². The molecule has 28 heavy (non-hydrogen) atoms. The average Bonchev–Trinajstić information content (AvgIpc) is 3.26. The average molecular weight is 455 g/mol. The van der Waals surface area contributed by atoms with Gasteiger partial charge in [-0.3, -0.25) is 14.5 Å². The first-order valence-corrected chi connectivity index (χ1v) is 11.7. The van der Waals surface area contributed by atoms with E-state index >= 15 is 0 Å². The molecule has 0 spiro atoms. The third-order valence-corrected chi connectivity index (χ3v) is 5.77. The van der Waals surface area contributed by atoms with Crippen LogP contribution in [0.2, 0.25) is 0 Å². The Morgan fingerprint density at radius 1 is 1.04 bits per heavy atom. The van der Waals surface area contributed by atoms with Crippen molar-refractivity contribution in [3.63, 3.8) is 0 Å². The van der Waals surface area contributed by atoms with Crippen molar-refractivity contribution in [3.05, 3.63) is 0 Å². The van der Waals surface area contributed by atoms with Gasteiger partial charge in [-0.05, 0) is 64.5 Å². The first-order chi connectivity index (χ1) is 12.7. The molecule has 2 heterocycles. The van der Waals surface area contributed by atoms with Gasteiger partial charge in [-0.25, -0.2) is 4.79 Å². The van der Waals surface area contributed by atoms with Crippen molar-refractivity contribution in [1.82, 2.24) is 10.2 Å². The Bertz CT molecular complexity index is 509. The maximum Gasteiger partial charge on any atom is 0.410 e. The smallest absolute Gasteiger partial charge is 0.410 e. The van der Waals surface area contributed by atoms with E-state index < -0.39 is 5.60 Å². The molecule has 164 valence electrons. The monoisotopic (exact) mass is 454 g/mol. The van der Waals surface area contributed by atoms with Crippen LogP contribution in [0.5, 0.6) is 0 Å². The molecule has 0 unspecified atom stereocenters. The van der Waals surface area contributed by atoms with Gasteiger partial charge in [-0.1, -0.05) is 37.4 Å². The van der Waals surface area contributed by atoms with Gasteiger partial charge in [0.2, 0.25) is 10.2 Å². The number of carbonyl (C=O) groups is 3. The summed E-state index contributed by atoms with van der Waals surface area (Å²) < 4.78 is 5.31. The van der Waals surface area contributed by atoms with Gasteiger partial charge < -0.3 is 10.1 Å². The molecule has 2 aliphatic heterocycles. The van der Waals surface area contributed by atoms with Gasteiger partial charge >= 0.3 is 6.09 Å². The molecule has 2 aliphatic rings. The zero-order chi connectivity index (χ0) is 20.4. The lowest BCUT2D eigenvalue weighted by molar-refractivity contribution is -0.115. The number of hydrogen-bond acceptors (Lipinski definition) is 7. The fourth-order valence-corrected chi connectivity index (χ4v) is 4.33. The number of nitrogens with zero attached hydrogens (tertiary/aromatic N) is 1. The van der Waals surface area contributed by atoms with Crippen LogP contribution in [0.4, 0.5) is 4.79 Å². The number of ether oxygens (including phenoxy) is 1. The van der Waals surface area contributed by atoms with Crippen molar-refractivity contribution < 1.29 is 19.1 Å². The minimum atomic E-state index is -0.509. The number of carbonyl (C=O) groups excluding carboxylic acids is 3. The first-order valence-electron chi connectivity index (χ1n) is 9.75. The molecule has 9 heteroatoms. The quantitative estimate of drug-likeness (QED) is 0.684. The van der Waals surface area contributed by atoms with Crippen molar-refractivity contribution in [1.29, 1.82) is 0 Å². The molecule has 2 atom stereocenters. The Morgan fingerprint density at radius 3 is 2.14 bits per heavy atom. The molecule has 0 saturated carbocycles. The Morgan fingerprint density at radius 2 is 1.64 bits per heavy atom. The van der Waals surface area contributed by atoms with E-state index in [1.54, 1.807) is 4.90 Å². The molecular weight excluding hydrogens is 420 g/mol. The minimum absolute atomic E-state index is 0. The summed E-state index contributed by atoms with van der Waals surface area (Å²) in [7, 11) is 0. The van der Waals surface area contributed by atoms with Gasteiger partial charge in [0, 0.05) is 6.54 Å². The molecule has 0 aliphatic carbocycles. The lowest BCUT2D eigenvalue weighted by Gasteiger charge is -2.27. The van der Waals surface area contributed by atoms with Crippen LogP contribution < -0.4 is 5.32 Å². The molecular formula is C19H35ClN2O4S2. The summed E-state index contributed by atoms with van der Waals surface area (Å²) in [5.74, 6) is 1.65. The van der Waals surface area contributed by atoms with Crippen LogP contribution >= 0.6 is 35.9 Å². The summed E-state index contributed by atoms with van der Waals surface area (Å²) in [6.07, 6.45) is 3.45. The van der Waals surface area contributed by atoms with Crippen molar-refractivity contribution in [2.75, 3.05) is 24.6 Å². The third-order valence-electron chi connectivity index (χ3n) is 4.07. The zero-order valence-corrected chi connectivity index (χ0v) is 20.1. The Balaban J connectivity index is 0.000000567. The molecule has 2 rings (SSSR count). The molecule has 1 N–H and O–H groups in total. The van der Waals surface area contributed by atoms with E-state index in [2.05, 4.69) is 5.32 Å². The fourth-order valence-electron chi connectivity index (χ4n) is 2.92. The third kappa shape index (κ3) is 9.85. The summed E-state index contributed by atoms with van der Waals surface area (Å²) in [4.78, 5) is 36.5. The summed E-state index contributed by atoms with van der Waals surface area (Å²) in [6.45, 7) is 11.1. The minimum Gasteiger partial charge on any atom is -0.444 e. The van der Waals surface area contributed by atoms with E-state index in [4.69, 9.17) is 4.74 Å². The SMILES string of the molecule is CCSC(=O)[C@@H]1CCCN1.CCSC(=O)[C@@H]1CCCN1C(=O)OC(C)(C)C.Cl. The maximum absolute atomic E-state index is 11.9. The summed E-state index contributed by atoms with van der Waals surface area (Å²) in [5.41, 5.74) is -0.509. The largest absolute Gasteiger partial charge is 0.444 e. The van der Waals surface area contributed by atoms with E-state index in [-0.39, 0.29) is 35.7 Å². The lowest BCUT2D eigenvalue weighted by atomic mass is 10.2. The highest BCUT2D eigenvalue weighted by molar-refractivity contribution is 8.14. The molecule has 6 nitrogen and oxygen atoms in total. The number of nitrogens with one attached hydrogen (secondary N) is 1. The number of amides is 1.